The van der Waals surface area contributed by atoms with Crippen molar-refractivity contribution in [2.24, 2.45) is 11.8 Å². The Morgan fingerprint density at radius 1 is 1.29 bits per heavy atom. The van der Waals surface area contributed by atoms with Gasteiger partial charge in [-0.3, -0.25) is 4.79 Å². The molecule has 134 valence electrons. The van der Waals surface area contributed by atoms with Crippen LogP contribution in [0, 0.1) is 18.8 Å². The van der Waals surface area contributed by atoms with E-state index in [1.807, 2.05) is 13.8 Å². The Morgan fingerprint density at radius 2 is 1.92 bits per heavy atom. The second-order valence-corrected chi connectivity index (χ2v) is 7.72. The third-order valence-electron chi connectivity index (χ3n) is 3.52. The maximum Gasteiger partial charge on any atom is 0.337 e. The van der Waals surface area contributed by atoms with Crippen LogP contribution in [0.1, 0.15) is 36.2 Å². The first-order valence-corrected chi connectivity index (χ1v) is 8.98. The number of esters is 1. The number of methoxy groups -OCH3 is 1. The van der Waals surface area contributed by atoms with Crippen LogP contribution in [0.4, 0.5) is 0 Å². The molecule has 0 aliphatic carbocycles. The Balaban J connectivity index is 3.03. The highest BCUT2D eigenvalue weighted by molar-refractivity contribution is 7.89. The van der Waals surface area contributed by atoms with Crippen molar-refractivity contribution in [1.82, 2.24) is 4.72 Å². The largest absolute Gasteiger partial charge is 0.481 e. The predicted molar refractivity (Wildman–Crippen MR) is 88.3 cm³/mol. The molecule has 1 rings (SSSR count). The van der Waals surface area contributed by atoms with Crippen molar-refractivity contribution in [3.05, 3.63) is 29.3 Å². The zero-order chi connectivity index (χ0) is 18.5. The quantitative estimate of drug-likeness (QED) is 0.687. The lowest BCUT2D eigenvalue weighted by molar-refractivity contribution is -0.142. The average molecular weight is 357 g/mol. The van der Waals surface area contributed by atoms with Crippen molar-refractivity contribution < 1.29 is 27.9 Å². The fourth-order valence-corrected chi connectivity index (χ4v) is 3.61. The number of hydrogen-bond donors (Lipinski definition) is 2. The molecular weight excluding hydrogens is 334 g/mol. The van der Waals surface area contributed by atoms with Gasteiger partial charge in [0.2, 0.25) is 10.0 Å². The Hall–Kier alpha value is -1.93. The summed E-state index contributed by atoms with van der Waals surface area (Å²) in [6, 6.07) is 4.20. The number of carboxylic acid groups (broad SMARTS) is 1. The van der Waals surface area contributed by atoms with E-state index in [1.54, 1.807) is 6.92 Å². The van der Waals surface area contributed by atoms with Crippen LogP contribution in [0.25, 0.3) is 0 Å². The van der Waals surface area contributed by atoms with Crippen molar-refractivity contribution >= 4 is 22.0 Å². The summed E-state index contributed by atoms with van der Waals surface area (Å²) in [5, 5.41) is 9.20. The van der Waals surface area contributed by atoms with Crippen LogP contribution in [-0.2, 0) is 19.6 Å². The number of carboxylic acids is 1. The number of carbonyl (C=O) groups is 2. The van der Waals surface area contributed by atoms with Gasteiger partial charge in [-0.1, -0.05) is 19.9 Å². The van der Waals surface area contributed by atoms with Gasteiger partial charge in [-0.15, -0.1) is 0 Å². The first kappa shape index (κ1) is 20.1. The fraction of sp³-hybridized carbons (Fsp3) is 0.500. The number of rotatable bonds is 8. The van der Waals surface area contributed by atoms with Crippen molar-refractivity contribution in [3.63, 3.8) is 0 Å². The van der Waals surface area contributed by atoms with E-state index in [4.69, 9.17) is 0 Å². The summed E-state index contributed by atoms with van der Waals surface area (Å²) in [5.74, 6) is -2.38. The molecule has 0 saturated heterocycles. The molecule has 0 bridgehead atoms. The molecule has 0 spiro atoms. The molecule has 1 aromatic rings. The van der Waals surface area contributed by atoms with E-state index in [1.165, 1.54) is 25.3 Å². The van der Waals surface area contributed by atoms with Gasteiger partial charge in [-0.25, -0.2) is 17.9 Å². The maximum atomic E-state index is 12.5. The van der Waals surface area contributed by atoms with Crippen molar-refractivity contribution in [3.8, 4) is 0 Å². The van der Waals surface area contributed by atoms with Crippen LogP contribution in [-0.4, -0.2) is 39.1 Å². The number of aliphatic carboxylic acids is 1. The molecule has 7 nitrogen and oxygen atoms in total. The normalized spacial score (nSPS) is 12.9. The van der Waals surface area contributed by atoms with E-state index >= 15 is 0 Å². The standard InChI is InChI=1S/C16H23NO6S/c1-10(2)7-13(15(18)19)9-17-24(21,22)14-8-12(16(20)23-4)6-5-11(14)3/h5-6,8,10,13,17H,7,9H2,1-4H3,(H,18,19). The molecule has 2 N–H and O–H groups in total. The van der Waals surface area contributed by atoms with Crippen molar-refractivity contribution in [2.45, 2.75) is 32.1 Å². The van der Waals surface area contributed by atoms with E-state index < -0.39 is 27.9 Å². The third-order valence-corrected chi connectivity index (χ3v) is 5.09. The molecule has 0 fully saturated rings. The molecule has 0 saturated carbocycles. The second-order valence-electron chi connectivity index (χ2n) is 5.99. The summed E-state index contributed by atoms with van der Waals surface area (Å²) >= 11 is 0. The predicted octanol–water partition coefficient (Wildman–Crippen LogP) is 1.81. The van der Waals surface area contributed by atoms with E-state index in [0.29, 0.717) is 12.0 Å². The molecule has 1 aromatic carbocycles. The summed E-state index contributed by atoms with van der Waals surface area (Å²) < 4.78 is 31.9. The molecule has 0 amide bonds. The Kier molecular flexibility index (Phi) is 6.92. The van der Waals surface area contributed by atoms with Gasteiger partial charge >= 0.3 is 11.9 Å². The molecule has 0 radical (unpaired) electrons. The highest BCUT2D eigenvalue weighted by Gasteiger charge is 2.24. The number of sulfonamides is 1. The number of benzene rings is 1. The zero-order valence-corrected chi connectivity index (χ0v) is 15.0. The Bertz CT molecular complexity index is 711. The van der Waals surface area contributed by atoms with E-state index in [2.05, 4.69) is 9.46 Å². The summed E-state index contributed by atoms with van der Waals surface area (Å²) in [6.45, 7) is 5.12. The molecular formula is C16H23NO6S. The van der Waals surface area contributed by atoms with Gasteiger partial charge in [0.1, 0.15) is 0 Å². The number of hydrogen-bond acceptors (Lipinski definition) is 5. The number of ether oxygens (including phenoxy) is 1. The van der Waals surface area contributed by atoms with Crippen LogP contribution in [0.3, 0.4) is 0 Å². The first-order chi connectivity index (χ1) is 11.1. The molecule has 1 unspecified atom stereocenters. The zero-order valence-electron chi connectivity index (χ0n) is 14.2. The van der Waals surface area contributed by atoms with E-state index in [9.17, 15) is 23.1 Å². The fourth-order valence-electron chi connectivity index (χ4n) is 2.26. The Morgan fingerprint density at radius 3 is 2.42 bits per heavy atom. The second kappa shape index (κ2) is 8.25. The molecule has 0 heterocycles. The molecule has 8 heteroatoms. The first-order valence-electron chi connectivity index (χ1n) is 7.50. The van der Waals surface area contributed by atoms with E-state index in [-0.39, 0.29) is 22.9 Å². The monoisotopic (exact) mass is 357 g/mol. The summed E-state index contributed by atoms with van der Waals surface area (Å²) in [7, 11) is -2.73. The minimum absolute atomic E-state index is 0.0703. The van der Waals surface area contributed by atoms with Crippen LogP contribution in [0.15, 0.2) is 23.1 Å². The summed E-state index contributed by atoms with van der Waals surface area (Å²) in [5.41, 5.74) is 0.561. The van der Waals surface area contributed by atoms with Crippen molar-refractivity contribution in [1.29, 1.82) is 0 Å². The van der Waals surface area contributed by atoms with Gasteiger partial charge in [-0.2, -0.15) is 0 Å². The lowest BCUT2D eigenvalue weighted by Gasteiger charge is -2.16. The van der Waals surface area contributed by atoms with Crippen molar-refractivity contribution in [2.75, 3.05) is 13.7 Å². The Labute approximate surface area is 142 Å². The van der Waals surface area contributed by atoms with Gasteiger partial charge in [0.15, 0.2) is 0 Å². The van der Waals surface area contributed by atoms with Gasteiger partial charge < -0.3 is 9.84 Å². The van der Waals surface area contributed by atoms with Crippen LogP contribution in [0.5, 0.6) is 0 Å². The summed E-state index contributed by atoms with van der Waals surface area (Å²) in [6.07, 6.45) is 0.360. The minimum Gasteiger partial charge on any atom is -0.481 e. The SMILES string of the molecule is COC(=O)c1ccc(C)c(S(=O)(=O)NCC(CC(C)C)C(=O)O)c1. The van der Waals surface area contributed by atoms with Crippen LogP contribution < -0.4 is 4.72 Å². The topological polar surface area (TPSA) is 110 Å². The van der Waals surface area contributed by atoms with Gasteiger partial charge in [0, 0.05) is 6.54 Å². The number of carbonyl (C=O) groups excluding carboxylic acids is 1. The molecule has 0 aromatic heterocycles. The lowest BCUT2D eigenvalue weighted by Crippen LogP contribution is -2.34. The van der Waals surface area contributed by atoms with Gasteiger partial charge in [0.25, 0.3) is 0 Å². The molecule has 24 heavy (non-hydrogen) atoms. The number of nitrogens with one attached hydrogen (secondary N) is 1. The minimum atomic E-state index is -3.94. The van der Waals surface area contributed by atoms with Gasteiger partial charge in [0.05, 0.1) is 23.5 Å². The lowest BCUT2D eigenvalue weighted by atomic mass is 9.98. The molecule has 1 atom stereocenters. The highest BCUT2D eigenvalue weighted by atomic mass is 32.2. The number of aryl methyl sites for hydroxylation is 1. The molecule has 0 aliphatic heterocycles. The molecule has 0 aliphatic rings. The summed E-state index contributed by atoms with van der Waals surface area (Å²) in [4.78, 5) is 22.7. The van der Waals surface area contributed by atoms with E-state index in [0.717, 1.165) is 0 Å². The maximum absolute atomic E-state index is 12.5. The average Bonchev–Trinajstić information content (AvgIpc) is 2.50. The van der Waals surface area contributed by atoms with Crippen LogP contribution >= 0.6 is 0 Å². The highest BCUT2D eigenvalue weighted by Crippen LogP contribution is 2.19. The van der Waals surface area contributed by atoms with Crippen LogP contribution in [0.2, 0.25) is 0 Å². The van der Waals surface area contributed by atoms with Gasteiger partial charge in [-0.05, 0) is 37.0 Å². The third kappa shape index (κ3) is 5.31. The smallest absolute Gasteiger partial charge is 0.337 e.